The quantitative estimate of drug-likeness (QED) is 0.539. The van der Waals surface area contributed by atoms with Crippen LogP contribution in [0.4, 0.5) is 0 Å². The number of ether oxygens (including phenoxy) is 4. The monoisotopic (exact) mass is 284 g/mol. The maximum absolute atomic E-state index is 11.7. The largest absolute Gasteiger partial charge is 0.491 e. The van der Waals surface area contributed by atoms with Gasteiger partial charge in [-0.1, -0.05) is 6.07 Å². The van der Waals surface area contributed by atoms with Gasteiger partial charge in [-0.2, -0.15) is 0 Å². The lowest BCUT2D eigenvalue weighted by Crippen LogP contribution is -2.11. The molecule has 0 bridgehead atoms. The summed E-state index contributed by atoms with van der Waals surface area (Å²) in [6.45, 7) is 1.30. The lowest BCUT2D eigenvalue weighted by Gasteiger charge is -2.11. The van der Waals surface area contributed by atoms with Crippen molar-refractivity contribution in [1.29, 1.82) is 0 Å². The van der Waals surface area contributed by atoms with Crippen LogP contribution in [0, 0.1) is 0 Å². The summed E-state index contributed by atoms with van der Waals surface area (Å²) >= 11 is 0. The average molecular weight is 284 g/mol. The number of carbonyl (C=O) groups is 1. The fourth-order valence-corrected chi connectivity index (χ4v) is 1.61. The molecule has 0 radical (unpaired) electrons. The predicted octanol–water partition coefficient (Wildman–Crippen LogP) is 1.01. The molecule has 0 heterocycles. The van der Waals surface area contributed by atoms with Gasteiger partial charge in [-0.3, -0.25) is 0 Å². The SMILES string of the molecule is COCc1ccc(OCCOCCO)cc1C(=O)OC. The van der Waals surface area contributed by atoms with E-state index in [1.165, 1.54) is 7.11 Å². The van der Waals surface area contributed by atoms with E-state index < -0.39 is 5.97 Å². The first-order valence-corrected chi connectivity index (χ1v) is 6.24. The Morgan fingerprint density at radius 3 is 2.65 bits per heavy atom. The van der Waals surface area contributed by atoms with Gasteiger partial charge in [0.25, 0.3) is 0 Å². The molecule has 0 aliphatic rings. The second kappa shape index (κ2) is 9.30. The zero-order chi connectivity index (χ0) is 14.8. The number of hydrogen-bond donors (Lipinski definition) is 1. The highest BCUT2D eigenvalue weighted by Crippen LogP contribution is 2.19. The van der Waals surface area contributed by atoms with Gasteiger partial charge in [-0.15, -0.1) is 0 Å². The third-order valence-corrected chi connectivity index (χ3v) is 2.52. The summed E-state index contributed by atoms with van der Waals surface area (Å²) in [5.74, 6) is 0.122. The van der Waals surface area contributed by atoms with Crippen LogP contribution in [0.15, 0.2) is 18.2 Å². The molecule has 1 aromatic carbocycles. The molecule has 0 aromatic heterocycles. The van der Waals surface area contributed by atoms with Gasteiger partial charge < -0.3 is 24.1 Å². The molecular formula is C14H20O6. The summed E-state index contributed by atoms with van der Waals surface area (Å²) in [4.78, 5) is 11.7. The Balaban J connectivity index is 2.66. The van der Waals surface area contributed by atoms with Crippen molar-refractivity contribution >= 4 is 5.97 Å². The highest BCUT2D eigenvalue weighted by molar-refractivity contribution is 5.91. The smallest absolute Gasteiger partial charge is 0.338 e. The highest BCUT2D eigenvalue weighted by atomic mass is 16.5. The number of hydrogen-bond acceptors (Lipinski definition) is 6. The van der Waals surface area contributed by atoms with Crippen LogP contribution >= 0.6 is 0 Å². The van der Waals surface area contributed by atoms with Crippen LogP contribution in [-0.4, -0.2) is 51.7 Å². The fraction of sp³-hybridized carbons (Fsp3) is 0.500. The molecule has 1 rings (SSSR count). The Morgan fingerprint density at radius 1 is 1.20 bits per heavy atom. The Kier molecular flexibility index (Phi) is 7.64. The number of methoxy groups -OCH3 is 2. The van der Waals surface area contributed by atoms with E-state index in [4.69, 9.17) is 24.1 Å². The predicted molar refractivity (Wildman–Crippen MR) is 71.9 cm³/mol. The van der Waals surface area contributed by atoms with E-state index in [2.05, 4.69) is 0 Å². The highest BCUT2D eigenvalue weighted by Gasteiger charge is 2.13. The molecule has 20 heavy (non-hydrogen) atoms. The second-order valence-corrected chi connectivity index (χ2v) is 3.93. The number of carbonyl (C=O) groups excluding carboxylic acids is 1. The molecule has 0 saturated carbocycles. The van der Waals surface area contributed by atoms with E-state index in [-0.39, 0.29) is 13.2 Å². The van der Waals surface area contributed by atoms with Gasteiger partial charge in [0, 0.05) is 7.11 Å². The van der Waals surface area contributed by atoms with Crippen molar-refractivity contribution in [2.75, 3.05) is 40.6 Å². The molecule has 0 saturated heterocycles. The first-order valence-electron chi connectivity index (χ1n) is 6.24. The van der Waals surface area contributed by atoms with Crippen LogP contribution in [0.2, 0.25) is 0 Å². The summed E-state index contributed by atoms with van der Waals surface area (Å²) < 4.78 is 20.3. The topological polar surface area (TPSA) is 74.2 Å². The van der Waals surface area contributed by atoms with E-state index in [9.17, 15) is 4.79 Å². The zero-order valence-electron chi connectivity index (χ0n) is 11.8. The van der Waals surface area contributed by atoms with Gasteiger partial charge in [0.15, 0.2) is 0 Å². The molecule has 6 nitrogen and oxygen atoms in total. The van der Waals surface area contributed by atoms with Gasteiger partial charge >= 0.3 is 5.97 Å². The van der Waals surface area contributed by atoms with Gasteiger partial charge in [0.2, 0.25) is 0 Å². The third-order valence-electron chi connectivity index (χ3n) is 2.52. The molecule has 0 amide bonds. The van der Waals surface area contributed by atoms with Crippen molar-refractivity contribution in [3.8, 4) is 5.75 Å². The van der Waals surface area contributed by atoms with E-state index in [1.54, 1.807) is 25.3 Å². The zero-order valence-corrected chi connectivity index (χ0v) is 11.8. The number of aliphatic hydroxyl groups is 1. The van der Waals surface area contributed by atoms with Crippen LogP contribution in [0.3, 0.4) is 0 Å². The fourth-order valence-electron chi connectivity index (χ4n) is 1.61. The van der Waals surface area contributed by atoms with Crippen molar-refractivity contribution in [3.05, 3.63) is 29.3 Å². The van der Waals surface area contributed by atoms with Crippen molar-refractivity contribution in [1.82, 2.24) is 0 Å². The molecule has 0 spiro atoms. The number of benzene rings is 1. The Hall–Kier alpha value is -1.63. The lowest BCUT2D eigenvalue weighted by molar-refractivity contribution is 0.0593. The van der Waals surface area contributed by atoms with Crippen molar-refractivity contribution in [2.24, 2.45) is 0 Å². The van der Waals surface area contributed by atoms with Crippen LogP contribution in [0.1, 0.15) is 15.9 Å². The minimum Gasteiger partial charge on any atom is -0.491 e. The van der Waals surface area contributed by atoms with Crippen LogP contribution in [0.5, 0.6) is 5.75 Å². The Morgan fingerprint density at radius 2 is 2.00 bits per heavy atom. The summed E-state index contributed by atoms with van der Waals surface area (Å²) in [6, 6.07) is 5.14. The minimum absolute atomic E-state index is 0.0157. The molecular weight excluding hydrogens is 264 g/mol. The van der Waals surface area contributed by atoms with Gasteiger partial charge in [0.1, 0.15) is 12.4 Å². The van der Waals surface area contributed by atoms with Gasteiger partial charge in [-0.05, 0) is 17.7 Å². The van der Waals surface area contributed by atoms with Crippen molar-refractivity contribution in [3.63, 3.8) is 0 Å². The number of aliphatic hydroxyl groups excluding tert-OH is 1. The first kappa shape index (κ1) is 16.4. The third kappa shape index (κ3) is 5.16. The number of rotatable bonds is 9. The summed E-state index contributed by atoms with van der Waals surface area (Å²) in [6.07, 6.45) is 0. The molecule has 0 atom stereocenters. The molecule has 1 N–H and O–H groups in total. The molecule has 0 fully saturated rings. The minimum atomic E-state index is -0.431. The van der Waals surface area contributed by atoms with Crippen LogP contribution < -0.4 is 4.74 Å². The molecule has 0 aliphatic carbocycles. The molecule has 0 aliphatic heterocycles. The van der Waals surface area contributed by atoms with E-state index in [0.29, 0.717) is 31.1 Å². The van der Waals surface area contributed by atoms with E-state index in [1.807, 2.05) is 0 Å². The lowest BCUT2D eigenvalue weighted by atomic mass is 10.1. The summed E-state index contributed by atoms with van der Waals surface area (Å²) in [7, 11) is 2.89. The van der Waals surface area contributed by atoms with E-state index in [0.717, 1.165) is 5.56 Å². The van der Waals surface area contributed by atoms with Crippen molar-refractivity contribution in [2.45, 2.75) is 6.61 Å². The molecule has 112 valence electrons. The molecule has 1 aromatic rings. The van der Waals surface area contributed by atoms with Crippen LogP contribution in [-0.2, 0) is 20.8 Å². The Labute approximate surface area is 118 Å². The maximum atomic E-state index is 11.7. The first-order chi connectivity index (χ1) is 9.72. The molecule has 6 heteroatoms. The van der Waals surface area contributed by atoms with Gasteiger partial charge in [-0.25, -0.2) is 4.79 Å². The summed E-state index contributed by atoms with van der Waals surface area (Å²) in [5, 5.41) is 8.56. The summed E-state index contributed by atoms with van der Waals surface area (Å²) in [5.41, 5.74) is 1.16. The van der Waals surface area contributed by atoms with Crippen molar-refractivity contribution < 1.29 is 28.8 Å². The average Bonchev–Trinajstić information content (AvgIpc) is 2.47. The Bertz CT molecular complexity index is 418. The second-order valence-electron chi connectivity index (χ2n) is 3.93. The van der Waals surface area contributed by atoms with E-state index >= 15 is 0 Å². The normalized spacial score (nSPS) is 10.3. The van der Waals surface area contributed by atoms with Crippen LogP contribution in [0.25, 0.3) is 0 Å². The van der Waals surface area contributed by atoms with Gasteiger partial charge in [0.05, 0.1) is 39.1 Å². The standard InChI is InChI=1S/C14H20O6/c1-17-10-11-3-4-12(9-13(11)14(16)18-2)20-8-7-19-6-5-15/h3-4,9,15H,5-8,10H2,1-2H3. The number of esters is 1. The maximum Gasteiger partial charge on any atom is 0.338 e. The molecule has 0 unspecified atom stereocenters.